The number of aryl methyl sites for hydroxylation is 1. The van der Waals surface area contributed by atoms with Crippen LogP contribution in [-0.2, 0) is 4.74 Å². The number of halogens is 3. The normalized spacial score (nSPS) is 17.9. The number of anilines is 1. The van der Waals surface area contributed by atoms with Gasteiger partial charge in [-0.3, -0.25) is 0 Å². The highest BCUT2D eigenvalue weighted by Gasteiger charge is 2.35. The maximum atomic E-state index is 13.2. The lowest BCUT2D eigenvalue weighted by Crippen LogP contribution is -2.40. The maximum absolute atomic E-state index is 13.2. The fraction of sp³-hybridized carbons (Fsp3) is 0.538. The fourth-order valence-corrected chi connectivity index (χ4v) is 2.43. The summed E-state index contributed by atoms with van der Waals surface area (Å²) in [6, 6.07) is 1.62. The van der Waals surface area contributed by atoms with Crippen LogP contribution in [0.5, 0.6) is 0 Å². The molecule has 0 amide bonds. The van der Waals surface area contributed by atoms with Crippen molar-refractivity contribution < 1.29 is 18.3 Å². The predicted molar refractivity (Wildman–Crippen MR) is 74.4 cm³/mol. The largest absolute Gasteiger partial charge is 0.465 e. The van der Waals surface area contributed by atoms with Crippen molar-refractivity contribution in [1.82, 2.24) is 4.98 Å². The molecule has 1 aromatic heterocycles. The van der Waals surface area contributed by atoms with E-state index < -0.39 is 11.9 Å². The molecule has 20 heavy (non-hydrogen) atoms. The van der Waals surface area contributed by atoms with Gasteiger partial charge in [-0.25, -0.2) is 18.6 Å². The first-order valence-electron chi connectivity index (χ1n) is 6.22. The van der Waals surface area contributed by atoms with Crippen LogP contribution in [0.2, 0.25) is 0 Å². The van der Waals surface area contributed by atoms with Crippen LogP contribution in [0, 0.1) is 6.92 Å². The number of piperidine rings is 1. The molecule has 1 aliphatic heterocycles. The smallest absolute Gasteiger partial charge is 0.341 e. The van der Waals surface area contributed by atoms with Gasteiger partial charge in [-0.15, -0.1) is 0 Å². The van der Waals surface area contributed by atoms with Gasteiger partial charge in [0.2, 0.25) is 0 Å². The molecule has 0 aromatic carbocycles. The standard InChI is InChI=1S/C13H15BrF2N2O2/c1-8-10(14)7-9(12(19)20-2)11(17-8)18-5-3-13(15,16)4-6-18/h7H,3-6H2,1-2H3. The van der Waals surface area contributed by atoms with Crippen molar-refractivity contribution in [2.75, 3.05) is 25.1 Å². The van der Waals surface area contributed by atoms with Crippen molar-refractivity contribution in [2.45, 2.75) is 25.7 Å². The average Bonchev–Trinajstić information content (AvgIpc) is 2.40. The molecule has 0 spiro atoms. The van der Waals surface area contributed by atoms with Gasteiger partial charge < -0.3 is 9.64 Å². The van der Waals surface area contributed by atoms with Crippen LogP contribution in [0.3, 0.4) is 0 Å². The molecule has 0 radical (unpaired) electrons. The van der Waals surface area contributed by atoms with E-state index >= 15 is 0 Å². The zero-order valence-electron chi connectivity index (χ0n) is 11.3. The second-order valence-corrected chi connectivity index (χ2v) is 5.62. The van der Waals surface area contributed by atoms with E-state index in [4.69, 9.17) is 4.74 Å². The van der Waals surface area contributed by atoms with Crippen LogP contribution >= 0.6 is 15.9 Å². The molecule has 1 fully saturated rings. The van der Waals surface area contributed by atoms with Gasteiger partial charge in [0.15, 0.2) is 0 Å². The van der Waals surface area contributed by atoms with Gasteiger partial charge in [0.05, 0.1) is 12.8 Å². The lowest BCUT2D eigenvalue weighted by molar-refractivity contribution is -0.0221. The van der Waals surface area contributed by atoms with Crippen LogP contribution in [0.25, 0.3) is 0 Å². The average molecular weight is 349 g/mol. The number of pyridine rings is 1. The molecular weight excluding hydrogens is 334 g/mol. The summed E-state index contributed by atoms with van der Waals surface area (Å²) in [5.41, 5.74) is 0.986. The highest BCUT2D eigenvalue weighted by Crippen LogP contribution is 2.32. The molecule has 0 aliphatic carbocycles. The first-order chi connectivity index (χ1) is 9.34. The number of rotatable bonds is 2. The van der Waals surface area contributed by atoms with E-state index in [1.807, 2.05) is 0 Å². The summed E-state index contributed by atoms with van der Waals surface area (Å²) in [5, 5.41) is 0. The number of methoxy groups -OCH3 is 1. The Morgan fingerprint density at radius 2 is 2.05 bits per heavy atom. The Hall–Kier alpha value is -1.24. The molecule has 2 heterocycles. The third-order valence-corrected chi connectivity index (χ3v) is 4.13. The first kappa shape index (κ1) is 15.2. The number of ether oxygens (including phenoxy) is 1. The van der Waals surface area contributed by atoms with E-state index in [0.717, 1.165) is 0 Å². The third kappa shape index (κ3) is 3.08. The van der Waals surface area contributed by atoms with E-state index in [2.05, 4.69) is 20.9 Å². The van der Waals surface area contributed by atoms with Crippen molar-refractivity contribution in [3.8, 4) is 0 Å². The Bertz CT molecular complexity index is 527. The fourth-order valence-electron chi connectivity index (χ4n) is 2.12. The molecule has 0 atom stereocenters. The van der Waals surface area contributed by atoms with Gasteiger partial charge >= 0.3 is 5.97 Å². The number of alkyl halides is 2. The van der Waals surface area contributed by atoms with E-state index in [1.165, 1.54) is 7.11 Å². The molecular formula is C13H15BrF2N2O2. The summed E-state index contributed by atoms with van der Waals surface area (Å²) >= 11 is 3.31. The van der Waals surface area contributed by atoms with Gasteiger partial charge in [-0.2, -0.15) is 0 Å². The Labute approximate surface area is 124 Å². The minimum absolute atomic E-state index is 0.172. The summed E-state index contributed by atoms with van der Waals surface area (Å²) in [6.07, 6.45) is -0.463. The number of aromatic nitrogens is 1. The van der Waals surface area contributed by atoms with Crippen molar-refractivity contribution in [1.29, 1.82) is 0 Å². The summed E-state index contributed by atoms with van der Waals surface area (Å²) in [4.78, 5) is 17.9. The molecule has 0 saturated carbocycles. The summed E-state index contributed by atoms with van der Waals surface area (Å²) in [5.74, 6) is -2.75. The number of carbonyl (C=O) groups excluding carboxylic acids is 1. The Balaban J connectivity index is 2.35. The van der Waals surface area contributed by atoms with Crippen molar-refractivity contribution >= 4 is 27.7 Å². The molecule has 4 nitrogen and oxygen atoms in total. The molecule has 1 aromatic rings. The van der Waals surface area contributed by atoms with Crippen LogP contribution in [-0.4, -0.2) is 37.1 Å². The lowest BCUT2D eigenvalue weighted by atomic mass is 10.1. The van der Waals surface area contributed by atoms with Crippen molar-refractivity contribution in [3.05, 3.63) is 21.8 Å². The molecule has 0 bridgehead atoms. The third-order valence-electron chi connectivity index (χ3n) is 3.33. The first-order valence-corrected chi connectivity index (χ1v) is 7.01. The number of hydrogen-bond donors (Lipinski definition) is 0. The molecule has 1 saturated heterocycles. The zero-order valence-corrected chi connectivity index (χ0v) is 12.8. The van der Waals surface area contributed by atoms with E-state index in [9.17, 15) is 13.6 Å². The van der Waals surface area contributed by atoms with E-state index in [0.29, 0.717) is 16.0 Å². The zero-order chi connectivity index (χ0) is 14.9. The Kier molecular flexibility index (Phi) is 4.27. The summed E-state index contributed by atoms with van der Waals surface area (Å²) < 4.78 is 31.8. The summed E-state index contributed by atoms with van der Waals surface area (Å²) in [7, 11) is 1.28. The minimum atomic E-state index is -2.63. The molecule has 0 N–H and O–H groups in total. The lowest BCUT2D eigenvalue weighted by Gasteiger charge is -2.33. The number of nitrogens with zero attached hydrogens (tertiary/aromatic N) is 2. The molecule has 2 rings (SSSR count). The SMILES string of the molecule is COC(=O)c1cc(Br)c(C)nc1N1CCC(F)(F)CC1. The molecule has 110 valence electrons. The predicted octanol–water partition coefficient (Wildman–Crippen LogP) is 3.17. The molecule has 1 aliphatic rings. The molecule has 0 unspecified atom stereocenters. The Morgan fingerprint density at radius 1 is 1.45 bits per heavy atom. The van der Waals surface area contributed by atoms with Gasteiger partial charge in [-0.1, -0.05) is 0 Å². The molecule has 7 heteroatoms. The minimum Gasteiger partial charge on any atom is -0.465 e. The number of carbonyl (C=O) groups is 1. The Morgan fingerprint density at radius 3 is 2.60 bits per heavy atom. The van der Waals surface area contributed by atoms with Crippen molar-refractivity contribution in [3.63, 3.8) is 0 Å². The number of esters is 1. The van der Waals surface area contributed by atoms with Gasteiger partial charge in [0, 0.05) is 30.4 Å². The van der Waals surface area contributed by atoms with Crippen LogP contribution < -0.4 is 4.90 Å². The highest BCUT2D eigenvalue weighted by molar-refractivity contribution is 9.10. The van der Waals surface area contributed by atoms with Crippen LogP contribution in [0.15, 0.2) is 10.5 Å². The number of hydrogen-bond acceptors (Lipinski definition) is 4. The van der Waals surface area contributed by atoms with Crippen LogP contribution in [0.1, 0.15) is 28.9 Å². The second-order valence-electron chi connectivity index (χ2n) is 4.76. The van der Waals surface area contributed by atoms with E-state index in [-0.39, 0.29) is 31.5 Å². The summed E-state index contributed by atoms with van der Waals surface area (Å²) in [6.45, 7) is 2.13. The van der Waals surface area contributed by atoms with Crippen LogP contribution in [0.4, 0.5) is 14.6 Å². The maximum Gasteiger partial charge on any atom is 0.341 e. The van der Waals surface area contributed by atoms with Gasteiger partial charge in [0.1, 0.15) is 11.4 Å². The van der Waals surface area contributed by atoms with Gasteiger partial charge in [-0.05, 0) is 28.9 Å². The monoisotopic (exact) mass is 348 g/mol. The second kappa shape index (κ2) is 5.63. The van der Waals surface area contributed by atoms with Gasteiger partial charge in [0.25, 0.3) is 5.92 Å². The quantitative estimate of drug-likeness (QED) is 0.770. The van der Waals surface area contributed by atoms with Crippen molar-refractivity contribution in [2.24, 2.45) is 0 Å². The van der Waals surface area contributed by atoms with E-state index in [1.54, 1.807) is 17.9 Å². The topological polar surface area (TPSA) is 42.4 Å². The highest BCUT2D eigenvalue weighted by atomic mass is 79.9.